The van der Waals surface area contributed by atoms with Crippen molar-refractivity contribution in [2.75, 3.05) is 0 Å². The molecule has 128 valence electrons. The Labute approximate surface area is 137 Å². The molecular formula is C17H17F3N2O2. The summed E-state index contributed by atoms with van der Waals surface area (Å²) < 4.78 is 40.3. The molecule has 2 aromatic carbocycles. The lowest BCUT2D eigenvalue weighted by atomic mass is 10.0. The van der Waals surface area contributed by atoms with Gasteiger partial charge in [-0.25, -0.2) is 0 Å². The van der Waals surface area contributed by atoms with Gasteiger partial charge in [0.25, 0.3) is 0 Å². The standard InChI is InChI=1S/C17H17F3N2O2/c1-11(12-7-9-14(10-8-12)24-17(18,19)20)22-15(16(21)23)13-5-3-2-4-6-13/h2-11,15,22H,1H3,(H2,21,23)/t11-,15-/m0/s1. The monoisotopic (exact) mass is 338 g/mol. The number of primary amides is 1. The molecule has 0 heterocycles. The first-order valence-corrected chi connectivity index (χ1v) is 7.22. The maximum Gasteiger partial charge on any atom is 0.573 e. The van der Waals surface area contributed by atoms with Crippen LogP contribution in [0.25, 0.3) is 0 Å². The van der Waals surface area contributed by atoms with E-state index in [-0.39, 0.29) is 11.8 Å². The second-order valence-corrected chi connectivity index (χ2v) is 5.25. The first-order valence-electron chi connectivity index (χ1n) is 7.22. The summed E-state index contributed by atoms with van der Waals surface area (Å²) >= 11 is 0. The minimum absolute atomic E-state index is 0.298. The van der Waals surface area contributed by atoms with E-state index in [0.29, 0.717) is 11.1 Å². The smallest absolute Gasteiger partial charge is 0.406 e. The van der Waals surface area contributed by atoms with E-state index in [1.165, 1.54) is 24.3 Å². The van der Waals surface area contributed by atoms with E-state index in [2.05, 4.69) is 10.1 Å². The van der Waals surface area contributed by atoms with E-state index < -0.39 is 18.3 Å². The van der Waals surface area contributed by atoms with Crippen LogP contribution >= 0.6 is 0 Å². The predicted octanol–water partition coefficient (Wildman–Crippen LogP) is 3.46. The highest BCUT2D eigenvalue weighted by molar-refractivity contribution is 5.81. The molecule has 0 saturated heterocycles. The largest absolute Gasteiger partial charge is 0.573 e. The van der Waals surface area contributed by atoms with Gasteiger partial charge in [0.1, 0.15) is 11.8 Å². The van der Waals surface area contributed by atoms with Gasteiger partial charge in [-0.3, -0.25) is 10.1 Å². The Morgan fingerprint density at radius 2 is 1.62 bits per heavy atom. The number of hydrogen-bond donors (Lipinski definition) is 2. The molecule has 24 heavy (non-hydrogen) atoms. The fourth-order valence-electron chi connectivity index (χ4n) is 2.29. The Bertz CT molecular complexity index is 672. The molecule has 0 aliphatic rings. The molecule has 3 N–H and O–H groups in total. The number of halogens is 3. The van der Waals surface area contributed by atoms with Gasteiger partial charge < -0.3 is 10.5 Å². The number of carbonyl (C=O) groups is 1. The van der Waals surface area contributed by atoms with Crippen LogP contribution in [0.4, 0.5) is 13.2 Å². The summed E-state index contributed by atoms with van der Waals surface area (Å²) in [5.41, 5.74) is 6.86. The first kappa shape index (κ1) is 17.8. The van der Waals surface area contributed by atoms with Crippen LogP contribution in [-0.4, -0.2) is 12.3 Å². The molecule has 7 heteroatoms. The summed E-state index contributed by atoms with van der Waals surface area (Å²) in [6.45, 7) is 1.79. The van der Waals surface area contributed by atoms with E-state index in [1.807, 2.05) is 6.07 Å². The summed E-state index contributed by atoms with van der Waals surface area (Å²) in [7, 11) is 0. The molecule has 0 aliphatic heterocycles. The average molecular weight is 338 g/mol. The number of amides is 1. The van der Waals surface area contributed by atoms with Crippen LogP contribution in [-0.2, 0) is 4.79 Å². The number of nitrogens with two attached hydrogens (primary N) is 1. The minimum Gasteiger partial charge on any atom is -0.406 e. The van der Waals surface area contributed by atoms with Gasteiger partial charge in [-0.15, -0.1) is 13.2 Å². The highest BCUT2D eigenvalue weighted by Gasteiger charge is 2.31. The highest BCUT2D eigenvalue weighted by atomic mass is 19.4. The molecule has 2 rings (SSSR count). The van der Waals surface area contributed by atoms with Crippen molar-refractivity contribution in [2.24, 2.45) is 5.73 Å². The Hall–Kier alpha value is -2.54. The zero-order valence-corrected chi connectivity index (χ0v) is 12.9. The Morgan fingerprint density at radius 1 is 1.04 bits per heavy atom. The van der Waals surface area contributed by atoms with Gasteiger partial charge in [-0.2, -0.15) is 0 Å². The van der Waals surface area contributed by atoms with Crippen molar-refractivity contribution < 1.29 is 22.7 Å². The molecule has 0 unspecified atom stereocenters. The van der Waals surface area contributed by atoms with Crippen LogP contribution < -0.4 is 15.8 Å². The Balaban J connectivity index is 2.10. The molecule has 0 radical (unpaired) electrons. The molecule has 0 fully saturated rings. The number of benzene rings is 2. The lowest BCUT2D eigenvalue weighted by molar-refractivity contribution is -0.274. The summed E-state index contributed by atoms with van der Waals surface area (Å²) in [6, 6.07) is 13.4. The third-order valence-electron chi connectivity index (χ3n) is 3.45. The van der Waals surface area contributed by atoms with Crippen molar-refractivity contribution in [3.63, 3.8) is 0 Å². The van der Waals surface area contributed by atoms with E-state index >= 15 is 0 Å². The number of hydrogen-bond acceptors (Lipinski definition) is 3. The molecule has 0 bridgehead atoms. The van der Waals surface area contributed by atoms with Gasteiger partial charge in [0.05, 0.1) is 0 Å². The maximum atomic E-state index is 12.2. The molecule has 0 saturated carbocycles. The minimum atomic E-state index is -4.73. The number of carbonyl (C=O) groups excluding carboxylic acids is 1. The fraction of sp³-hybridized carbons (Fsp3) is 0.235. The number of ether oxygens (including phenoxy) is 1. The van der Waals surface area contributed by atoms with Crippen molar-refractivity contribution in [1.82, 2.24) is 5.32 Å². The summed E-state index contributed by atoms with van der Waals surface area (Å²) in [5.74, 6) is -0.835. The quantitative estimate of drug-likeness (QED) is 0.848. The summed E-state index contributed by atoms with van der Waals surface area (Å²) in [4.78, 5) is 11.7. The van der Waals surface area contributed by atoms with E-state index in [1.54, 1.807) is 31.2 Å². The zero-order valence-electron chi connectivity index (χ0n) is 12.9. The molecule has 2 atom stereocenters. The number of rotatable bonds is 6. The number of alkyl halides is 3. The molecule has 2 aromatic rings. The third-order valence-corrected chi connectivity index (χ3v) is 3.45. The van der Waals surface area contributed by atoms with Crippen LogP contribution in [0, 0.1) is 0 Å². The zero-order chi connectivity index (χ0) is 17.7. The highest BCUT2D eigenvalue weighted by Crippen LogP contribution is 2.25. The lowest BCUT2D eigenvalue weighted by Gasteiger charge is -2.22. The summed E-state index contributed by atoms with van der Waals surface area (Å²) in [5, 5.41) is 3.08. The normalized spacial score (nSPS) is 14.0. The molecule has 0 spiro atoms. The van der Waals surface area contributed by atoms with Crippen molar-refractivity contribution >= 4 is 5.91 Å². The van der Waals surface area contributed by atoms with Crippen LogP contribution in [0.2, 0.25) is 0 Å². The van der Waals surface area contributed by atoms with E-state index in [4.69, 9.17) is 5.73 Å². The predicted molar refractivity (Wildman–Crippen MR) is 83.1 cm³/mol. The molecule has 1 amide bonds. The van der Waals surface area contributed by atoms with Gasteiger partial charge in [0.2, 0.25) is 5.91 Å². The van der Waals surface area contributed by atoms with Gasteiger partial charge in [0, 0.05) is 6.04 Å². The molecule has 4 nitrogen and oxygen atoms in total. The van der Waals surface area contributed by atoms with Crippen LogP contribution in [0.5, 0.6) is 5.75 Å². The number of nitrogens with one attached hydrogen (secondary N) is 1. The Kier molecular flexibility index (Phi) is 5.46. The van der Waals surface area contributed by atoms with Gasteiger partial charge in [-0.1, -0.05) is 42.5 Å². The third kappa shape index (κ3) is 4.99. The molecule has 0 aromatic heterocycles. The maximum absolute atomic E-state index is 12.2. The fourth-order valence-corrected chi connectivity index (χ4v) is 2.29. The molecular weight excluding hydrogens is 321 g/mol. The average Bonchev–Trinajstić information content (AvgIpc) is 2.52. The lowest BCUT2D eigenvalue weighted by Crippen LogP contribution is -2.35. The van der Waals surface area contributed by atoms with E-state index in [0.717, 1.165) is 0 Å². The van der Waals surface area contributed by atoms with Crippen LogP contribution in [0.15, 0.2) is 54.6 Å². The van der Waals surface area contributed by atoms with Crippen molar-refractivity contribution in [1.29, 1.82) is 0 Å². The topological polar surface area (TPSA) is 64.3 Å². The van der Waals surface area contributed by atoms with Crippen molar-refractivity contribution in [2.45, 2.75) is 25.4 Å². The second-order valence-electron chi connectivity index (χ2n) is 5.25. The van der Waals surface area contributed by atoms with Crippen LogP contribution in [0.3, 0.4) is 0 Å². The van der Waals surface area contributed by atoms with Crippen LogP contribution in [0.1, 0.15) is 30.1 Å². The van der Waals surface area contributed by atoms with Crippen molar-refractivity contribution in [3.8, 4) is 5.75 Å². The SMILES string of the molecule is C[C@H](N[C@H](C(N)=O)c1ccccc1)c1ccc(OC(F)(F)F)cc1. The van der Waals surface area contributed by atoms with Gasteiger partial charge >= 0.3 is 6.36 Å². The first-order chi connectivity index (χ1) is 11.3. The van der Waals surface area contributed by atoms with Gasteiger partial charge in [0.15, 0.2) is 0 Å². The van der Waals surface area contributed by atoms with E-state index in [9.17, 15) is 18.0 Å². The van der Waals surface area contributed by atoms with Crippen molar-refractivity contribution in [3.05, 3.63) is 65.7 Å². The summed E-state index contributed by atoms with van der Waals surface area (Å²) in [6.07, 6.45) is -4.73. The molecule has 0 aliphatic carbocycles. The van der Waals surface area contributed by atoms with Gasteiger partial charge in [-0.05, 0) is 30.2 Å². The second kappa shape index (κ2) is 7.35. The Morgan fingerprint density at radius 3 is 2.12 bits per heavy atom.